The molecule has 1 aliphatic rings. The molecule has 1 saturated heterocycles. The molecule has 1 unspecified atom stereocenters. The standard InChI is InChI=1S/C16H28N4O/c1-12(2)11-20-9-8-18-14(15(20)21)19-10-13-16(3,4)6-5-7-17-13/h8-9,12-13,17H,5-7,10-11H2,1-4H3,(H,18,19). The molecule has 2 N–H and O–H groups in total. The maximum absolute atomic E-state index is 12.4. The molecule has 0 amide bonds. The lowest BCUT2D eigenvalue weighted by Crippen LogP contribution is -2.50. The lowest BCUT2D eigenvalue weighted by molar-refractivity contribution is 0.188. The molecule has 0 aliphatic carbocycles. The number of hydrogen-bond acceptors (Lipinski definition) is 4. The summed E-state index contributed by atoms with van der Waals surface area (Å²) in [5.74, 6) is 0.901. The van der Waals surface area contributed by atoms with E-state index in [4.69, 9.17) is 0 Å². The van der Waals surface area contributed by atoms with Crippen LogP contribution in [0.15, 0.2) is 17.2 Å². The van der Waals surface area contributed by atoms with Crippen molar-refractivity contribution >= 4 is 5.82 Å². The second-order valence-electron chi connectivity index (χ2n) is 7.11. The second kappa shape index (κ2) is 6.60. The molecule has 1 aromatic rings. The number of nitrogens with one attached hydrogen (secondary N) is 2. The zero-order valence-electron chi connectivity index (χ0n) is 13.6. The summed E-state index contributed by atoms with van der Waals surface area (Å²) in [5, 5.41) is 6.79. The summed E-state index contributed by atoms with van der Waals surface area (Å²) in [5.41, 5.74) is 0.219. The Morgan fingerprint density at radius 2 is 2.29 bits per heavy atom. The van der Waals surface area contributed by atoms with Crippen LogP contribution in [0.4, 0.5) is 5.82 Å². The molecule has 1 aliphatic heterocycles. The van der Waals surface area contributed by atoms with E-state index in [1.165, 1.54) is 12.8 Å². The Hall–Kier alpha value is -1.36. The summed E-state index contributed by atoms with van der Waals surface area (Å²) < 4.78 is 1.74. The van der Waals surface area contributed by atoms with Crippen LogP contribution in [0.25, 0.3) is 0 Å². The zero-order valence-corrected chi connectivity index (χ0v) is 13.6. The van der Waals surface area contributed by atoms with Gasteiger partial charge >= 0.3 is 0 Å². The number of nitrogens with zero attached hydrogens (tertiary/aromatic N) is 2. The fourth-order valence-electron chi connectivity index (χ4n) is 2.92. The van der Waals surface area contributed by atoms with Crippen molar-refractivity contribution in [2.24, 2.45) is 11.3 Å². The minimum absolute atomic E-state index is 0.0279. The Kier molecular flexibility index (Phi) is 5.04. The van der Waals surface area contributed by atoms with Crippen molar-refractivity contribution in [3.05, 3.63) is 22.7 Å². The van der Waals surface area contributed by atoms with E-state index in [2.05, 4.69) is 43.3 Å². The summed E-state index contributed by atoms with van der Waals surface area (Å²) in [6, 6.07) is 0.367. The molecule has 0 saturated carbocycles. The van der Waals surface area contributed by atoms with Gasteiger partial charge in [0.1, 0.15) is 0 Å². The van der Waals surface area contributed by atoms with E-state index in [1.807, 2.05) is 0 Å². The van der Waals surface area contributed by atoms with Crippen molar-refractivity contribution in [3.63, 3.8) is 0 Å². The Morgan fingerprint density at radius 3 is 2.95 bits per heavy atom. The number of rotatable bonds is 5. The third-order valence-electron chi connectivity index (χ3n) is 4.28. The SMILES string of the molecule is CC(C)Cn1ccnc(NCC2NCCCC2(C)C)c1=O. The minimum atomic E-state index is -0.0279. The predicted octanol–water partition coefficient (Wildman–Crippen LogP) is 2.09. The molecular formula is C16H28N4O. The van der Waals surface area contributed by atoms with Gasteiger partial charge in [-0.2, -0.15) is 0 Å². The number of piperidine rings is 1. The van der Waals surface area contributed by atoms with Crippen LogP contribution in [0, 0.1) is 11.3 Å². The maximum atomic E-state index is 12.4. The third kappa shape index (κ3) is 4.06. The molecule has 2 rings (SSSR count). The molecule has 0 radical (unpaired) electrons. The van der Waals surface area contributed by atoms with Crippen LogP contribution in [0.1, 0.15) is 40.5 Å². The van der Waals surface area contributed by atoms with Crippen LogP contribution in [0.5, 0.6) is 0 Å². The lowest BCUT2D eigenvalue weighted by Gasteiger charge is -2.39. The summed E-state index contributed by atoms with van der Waals surface area (Å²) in [7, 11) is 0. The molecular weight excluding hydrogens is 264 g/mol. The van der Waals surface area contributed by atoms with Crippen LogP contribution >= 0.6 is 0 Å². The molecule has 1 fully saturated rings. The van der Waals surface area contributed by atoms with Crippen molar-refractivity contribution in [2.75, 3.05) is 18.4 Å². The largest absolute Gasteiger partial charge is 0.364 e. The van der Waals surface area contributed by atoms with Gasteiger partial charge in [0.15, 0.2) is 5.82 Å². The molecule has 0 spiro atoms. The summed E-state index contributed by atoms with van der Waals surface area (Å²) in [6.45, 7) is 11.3. The first-order valence-electron chi connectivity index (χ1n) is 7.93. The van der Waals surface area contributed by atoms with E-state index in [0.717, 1.165) is 19.6 Å². The van der Waals surface area contributed by atoms with Crippen LogP contribution in [-0.4, -0.2) is 28.7 Å². The van der Waals surface area contributed by atoms with Gasteiger partial charge in [0.25, 0.3) is 5.56 Å². The maximum Gasteiger partial charge on any atom is 0.293 e. The topological polar surface area (TPSA) is 59.0 Å². The molecule has 1 aromatic heterocycles. The molecule has 118 valence electrons. The Morgan fingerprint density at radius 1 is 1.52 bits per heavy atom. The molecule has 0 bridgehead atoms. The second-order valence-corrected chi connectivity index (χ2v) is 7.11. The van der Waals surface area contributed by atoms with Crippen LogP contribution in [-0.2, 0) is 6.54 Å². The van der Waals surface area contributed by atoms with Crippen molar-refractivity contribution in [1.82, 2.24) is 14.9 Å². The average Bonchev–Trinajstić information content (AvgIpc) is 2.40. The Labute approximate surface area is 127 Å². The quantitative estimate of drug-likeness (QED) is 0.872. The number of anilines is 1. The van der Waals surface area contributed by atoms with E-state index in [9.17, 15) is 4.79 Å². The first-order valence-corrected chi connectivity index (χ1v) is 7.93. The first-order chi connectivity index (χ1) is 9.90. The highest BCUT2D eigenvalue weighted by atomic mass is 16.1. The molecule has 5 heteroatoms. The smallest absolute Gasteiger partial charge is 0.293 e. The molecule has 2 heterocycles. The van der Waals surface area contributed by atoms with Gasteiger partial charge in [-0.25, -0.2) is 4.98 Å². The molecule has 1 atom stereocenters. The lowest BCUT2D eigenvalue weighted by atomic mass is 9.77. The Bertz CT molecular complexity index is 521. The first kappa shape index (κ1) is 16.0. The van der Waals surface area contributed by atoms with Crippen molar-refractivity contribution in [1.29, 1.82) is 0 Å². The van der Waals surface area contributed by atoms with Gasteiger partial charge in [-0.1, -0.05) is 27.7 Å². The Balaban J connectivity index is 2.05. The summed E-state index contributed by atoms with van der Waals surface area (Å²) >= 11 is 0. The average molecular weight is 292 g/mol. The van der Waals surface area contributed by atoms with Gasteiger partial charge in [-0.3, -0.25) is 4.79 Å². The summed E-state index contributed by atoms with van der Waals surface area (Å²) in [4.78, 5) is 16.6. The van der Waals surface area contributed by atoms with Crippen LogP contribution < -0.4 is 16.2 Å². The normalized spacial score (nSPS) is 21.5. The van der Waals surface area contributed by atoms with Crippen molar-refractivity contribution in [3.8, 4) is 0 Å². The van der Waals surface area contributed by atoms with E-state index in [0.29, 0.717) is 17.8 Å². The highest BCUT2D eigenvalue weighted by molar-refractivity contribution is 5.31. The monoisotopic (exact) mass is 292 g/mol. The van der Waals surface area contributed by atoms with Crippen LogP contribution in [0.2, 0.25) is 0 Å². The van der Waals surface area contributed by atoms with Crippen LogP contribution in [0.3, 0.4) is 0 Å². The zero-order chi connectivity index (χ0) is 15.5. The predicted molar refractivity (Wildman–Crippen MR) is 86.6 cm³/mol. The van der Waals surface area contributed by atoms with Gasteiger partial charge in [0.05, 0.1) is 0 Å². The highest BCUT2D eigenvalue weighted by Crippen LogP contribution is 2.29. The molecule has 5 nitrogen and oxygen atoms in total. The minimum Gasteiger partial charge on any atom is -0.364 e. The van der Waals surface area contributed by atoms with E-state index >= 15 is 0 Å². The van der Waals surface area contributed by atoms with Gasteiger partial charge in [-0.15, -0.1) is 0 Å². The molecule has 21 heavy (non-hydrogen) atoms. The summed E-state index contributed by atoms with van der Waals surface area (Å²) in [6.07, 6.45) is 5.89. The van der Waals surface area contributed by atoms with Crippen molar-refractivity contribution < 1.29 is 0 Å². The van der Waals surface area contributed by atoms with E-state index in [1.54, 1.807) is 17.0 Å². The number of hydrogen-bond donors (Lipinski definition) is 2. The highest BCUT2D eigenvalue weighted by Gasteiger charge is 2.31. The number of aromatic nitrogens is 2. The van der Waals surface area contributed by atoms with E-state index < -0.39 is 0 Å². The molecule has 0 aromatic carbocycles. The third-order valence-corrected chi connectivity index (χ3v) is 4.28. The van der Waals surface area contributed by atoms with Crippen molar-refractivity contribution in [2.45, 2.75) is 53.1 Å². The van der Waals surface area contributed by atoms with Gasteiger partial charge in [0.2, 0.25) is 0 Å². The van der Waals surface area contributed by atoms with Gasteiger partial charge < -0.3 is 15.2 Å². The van der Waals surface area contributed by atoms with E-state index in [-0.39, 0.29) is 11.0 Å². The van der Waals surface area contributed by atoms with Gasteiger partial charge in [-0.05, 0) is 30.7 Å². The van der Waals surface area contributed by atoms with Gasteiger partial charge in [0, 0.05) is 31.5 Å². The fourth-order valence-corrected chi connectivity index (χ4v) is 2.92. The fraction of sp³-hybridized carbons (Fsp3) is 0.750.